The van der Waals surface area contributed by atoms with Gasteiger partial charge in [-0.05, 0) is 36.4 Å². The van der Waals surface area contributed by atoms with Crippen molar-refractivity contribution in [3.63, 3.8) is 0 Å². The largest absolute Gasteiger partial charge is 0.497 e. The molecule has 2 rings (SSSR count). The second-order valence-corrected chi connectivity index (χ2v) is 6.51. The van der Waals surface area contributed by atoms with Crippen molar-refractivity contribution in [1.29, 1.82) is 0 Å². The Morgan fingerprint density at radius 2 is 1.78 bits per heavy atom. The molecule has 2 N–H and O–H groups in total. The lowest BCUT2D eigenvalue weighted by atomic mass is 10.3. The third kappa shape index (κ3) is 6.03. The first-order chi connectivity index (χ1) is 11.0. The number of methoxy groups -OCH3 is 1. The van der Waals surface area contributed by atoms with Crippen molar-refractivity contribution in [3.05, 3.63) is 42.6 Å². The lowest BCUT2D eigenvalue weighted by molar-refractivity contribution is 0.332. The van der Waals surface area contributed by atoms with Crippen molar-refractivity contribution in [2.24, 2.45) is 0 Å². The number of anilines is 2. The van der Waals surface area contributed by atoms with Crippen LogP contribution in [0.15, 0.2) is 42.6 Å². The molecule has 0 radical (unpaired) electrons. The number of nitrogens with zero attached hydrogens (tertiary/aromatic N) is 1. The average molecular weight is 337 g/mol. The number of aromatic nitrogens is 1. The molecule has 0 fully saturated rings. The molecular weight excluding hydrogens is 318 g/mol. The fraction of sp³-hybridized carbons (Fsp3) is 0.267. The van der Waals surface area contributed by atoms with Crippen LogP contribution in [-0.2, 0) is 10.0 Å². The number of ether oxygens (including phenoxy) is 2. The number of sulfonamides is 1. The monoisotopic (exact) mass is 337 g/mol. The summed E-state index contributed by atoms with van der Waals surface area (Å²) in [7, 11) is -1.69. The van der Waals surface area contributed by atoms with Crippen LogP contribution >= 0.6 is 0 Å². The maximum Gasteiger partial charge on any atom is 0.230 e. The minimum Gasteiger partial charge on any atom is -0.497 e. The van der Waals surface area contributed by atoms with E-state index in [-0.39, 0.29) is 5.82 Å². The van der Waals surface area contributed by atoms with Gasteiger partial charge >= 0.3 is 0 Å². The molecule has 1 heterocycles. The van der Waals surface area contributed by atoms with Crippen LogP contribution in [0.4, 0.5) is 11.5 Å². The minimum absolute atomic E-state index is 0.285. The van der Waals surface area contributed by atoms with Gasteiger partial charge in [-0.2, -0.15) is 0 Å². The van der Waals surface area contributed by atoms with Crippen LogP contribution in [0.5, 0.6) is 11.5 Å². The summed E-state index contributed by atoms with van der Waals surface area (Å²) in [4.78, 5) is 4.01. The Balaban J connectivity index is 1.75. The normalized spacial score (nSPS) is 10.9. The Hall–Kier alpha value is -2.48. The van der Waals surface area contributed by atoms with Gasteiger partial charge in [-0.3, -0.25) is 4.72 Å². The second-order valence-electron chi connectivity index (χ2n) is 4.76. The van der Waals surface area contributed by atoms with Crippen LogP contribution in [0.1, 0.15) is 0 Å². The fourth-order valence-corrected chi connectivity index (χ4v) is 2.29. The van der Waals surface area contributed by atoms with E-state index in [4.69, 9.17) is 9.47 Å². The number of hydrogen-bond donors (Lipinski definition) is 2. The molecule has 0 aliphatic rings. The Morgan fingerprint density at radius 1 is 1.09 bits per heavy atom. The topological polar surface area (TPSA) is 89.5 Å². The molecule has 0 saturated heterocycles. The van der Waals surface area contributed by atoms with Crippen LogP contribution in [0.25, 0.3) is 0 Å². The Morgan fingerprint density at radius 3 is 2.35 bits per heavy atom. The van der Waals surface area contributed by atoms with Crippen LogP contribution in [0, 0.1) is 0 Å². The molecule has 8 heteroatoms. The molecule has 0 aliphatic carbocycles. The molecule has 0 atom stereocenters. The van der Waals surface area contributed by atoms with Gasteiger partial charge in [-0.15, -0.1) is 0 Å². The first kappa shape index (κ1) is 16.9. The van der Waals surface area contributed by atoms with Crippen LogP contribution in [0.2, 0.25) is 0 Å². The molecule has 0 bridgehead atoms. The summed E-state index contributed by atoms with van der Waals surface area (Å²) >= 11 is 0. The van der Waals surface area contributed by atoms with E-state index in [9.17, 15) is 8.42 Å². The summed E-state index contributed by atoms with van der Waals surface area (Å²) in [6.45, 7) is 1.07. The van der Waals surface area contributed by atoms with Crippen LogP contribution in [0.3, 0.4) is 0 Å². The lowest BCUT2D eigenvalue weighted by Gasteiger charge is -2.09. The van der Waals surface area contributed by atoms with E-state index in [1.807, 2.05) is 24.3 Å². The molecule has 2 aromatic rings. The van der Waals surface area contributed by atoms with Crippen molar-refractivity contribution in [1.82, 2.24) is 4.98 Å². The predicted octanol–water partition coefficient (Wildman–Crippen LogP) is 1.95. The maximum absolute atomic E-state index is 11.1. The maximum atomic E-state index is 11.1. The quantitative estimate of drug-likeness (QED) is 0.716. The van der Waals surface area contributed by atoms with E-state index in [2.05, 4.69) is 15.0 Å². The number of benzene rings is 1. The summed E-state index contributed by atoms with van der Waals surface area (Å²) in [5, 5.41) is 3.14. The number of nitrogens with one attached hydrogen (secondary N) is 2. The standard InChI is InChI=1S/C15H19N3O4S/c1-21-13-4-6-14(7-5-13)22-10-9-16-12-3-8-15(17-11-12)18-23(2,19)20/h3-8,11,16H,9-10H2,1-2H3,(H,17,18). The van der Waals surface area contributed by atoms with Gasteiger partial charge in [0, 0.05) is 6.54 Å². The predicted molar refractivity (Wildman–Crippen MR) is 89.7 cm³/mol. The fourth-order valence-electron chi connectivity index (χ4n) is 1.78. The molecule has 0 unspecified atom stereocenters. The molecule has 0 spiro atoms. The van der Waals surface area contributed by atoms with Gasteiger partial charge in [-0.25, -0.2) is 13.4 Å². The zero-order chi connectivity index (χ0) is 16.7. The van der Waals surface area contributed by atoms with Crippen molar-refractivity contribution in [3.8, 4) is 11.5 Å². The van der Waals surface area contributed by atoms with Gasteiger partial charge in [0.05, 0.1) is 25.2 Å². The summed E-state index contributed by atoms with van der Waals surface area (Å²) in [5.41, 5.74) is 0.780. The van der Waals surface area contributed by atoms with E-state index < -0.39 is 10.0 Å². The highest BCUT2D eigenvalue weighted by molar-refractivity contribution is 7.92. The van der Waals surface area contributed by atoms with Crippen molar-refractivity contribution in [2.45, 2.75) is 0 Å². The first-order valence-electron chi connectivity index (χ1n) is 6.91. The molecule has 7 nitrogen and oxygen atoms in total. The Kier molecular flexibility index (Phi) is 5.64. The molecule has 0 amide bonds. The third-order valence-corrected chi connectivity index (χ3v) is 3.39. The highest BCUT2D eigenvalue weighted by atomic mass is 32.2. The minimum atomic E-state index is -3.31. The second kappa shape index (κ2) is 7.68. The Bertz CT molecular complexity index is 715. The van der Waals surface area contributed by atoms with Gasteiger partial charge in [0.25, 0.3) is 0 Å². The lowest BCUT2D eigenvalue weighted by Crippen LogP contribution is -2.13. The van der Waals surface area contributed by atoms with E-state index in [1.165, 1.54) is 0 Å². The highest BCUT2D eigenvalue weighted by Crippen LogP contribution is 2.17. The highest BCUT2D eigenvalue weighted by Gasteiger charge is 2.02. The number of pyridine rings is 1. The molecule has 1 aromatic carbocycles. The summed E-state index contributed by atoms with van der Waals surface area (Å²) in [5.74, 6) is 1.83. The smallest absolute Gasteiger partial charge is 0.230 e. The zero-order valence-electron chi connectivity index (χ0n) is 12.9. The Labute approximate surface area is 135 Å². The molecule has 0 saturated carbocycles. The summed E-state index contributed by atoms with van der Waals surface area (Å²) < 4.78 is 35.1. The van der Waals surface area contributed by atoms with E-state index in [1.54, 1.807) is 25.4 Å². The van der Waals surface area contributed by atoms with Gasteiger partial charge in [0.15, 0.2) is 0 Å². The van der Waals surface area contributed by atoms with Crippen LogP contribution in [-0.4, -0.2) is 39.9 Å². The van der Waals surface area contributed by atoms with Gasteiger partial charge < -0.3 is 14.8 Å². The van der Waals surface area contributed by atoms with E-state index in [0.29, 0.717) is 13.2 Å². The summed E-state index contributed by atoms with van der Waals surface area (Å²) in [6, 6.07) is 10.7. The number of hydrogen-bond acceptors (Lipinski definition) is 6. The molecule has 23 heavy (non-hydrogen) atoms. The van der Waals surface area contributed by atoms with Gasteiger partial charge in [-0.1, -0.05) is 0 Å². The van der Waals surface area contributed by atoms with Gasteiger partial charge in [0.1, 0.15) is 23.9 Å². The summed E-state index contributed by atoms with van der Waals surface area (Å²) in [6.07, 6.45) is 2.64. The first-order valence-corrected chi connectivity index (χ1v) is 8.80. The van der Waals surface area contributed by atoms with E-state index in [0.717, 1.165) is 23.4 Å². The van der Waals surface area contributed by atoms with E-state index >= 15 is 0 Å². The van der Waals surface area contributed by atoms with Crippen LogP contribution < -0.4 is 19.5 Å². The molecule has 0 aliphatic heterocycles. The van der Waals surface area contributed by atoms with Crippen molar-refractivity contribution in [2.75, 3.05) is 36.6 Å². The number of rotatable bonds is 8. The SMILES string of the molecule is COc1ccc(OCCNc2ccc(NS(C)(=O)=O)nc2)cc1. The molecular formula is C15H19N3O4S. The molecule has 124 valence electrons. The van der Waals surface area contributed by atoms with Crippen molar-refractivity contribution < 1.29 is 17.9 Å². The molecule has 1 aromatic heterocycles. The van der Waals surface area contributed by atoms with Gasteiger partial charge in [0.2, 0.25) is 10.0 Å². The average Bonchev–Trinajstić information content (AvgIpc) is 2.52. The zero-order valence-corrected chi connectivity index (χ0v) is 13.8. The third-order valence-electron chi connectivity index (χ3n) is 2.81. The van der Waals surface area contributed by atoms with Crippen molar-refractivity contribution >= 4 is 21.5 Å².